The minimum Gasteiger partial charge on any atom is -0.383 e. The van der Waals surface area contributed by atoms with Gasteiger partial charge >= 0.3 is 11.9 Å². The number of esters is 2. The van der Waals surface area contributed by atoms with E-state index in [2.05, 4.69) is 14.7 Å². The van der Waals surface area contributed by atoms with E-state index in [-0.39, 0.29) is 11.4 Å². The summed E-state index contributed by atoms with van der Waals surface area (Å²) in [6, 6.07) is 3.44. The summed E-state index contributed by atoms with van der Waals surface area (Å²) in [5.41, 5.74) is 0.297. The van der Waals surface area contributed by atoms with Gasteiger partial charge in [-0.25, -0.2) is 19.6 Å². The van der Waals surface area contributed by atoms with Crippen molar-refractivity contribution in [3.8, 4) is 0 Å². The highest BCUT2D eigenvalue weighted by Crippen LogP contribution is 2.24. The van der Waals surface area contributed by atoms with E-state index in [9.17, 15) is 9.59 Å². The van der Waals surface area contributed by atoms with E-state index in [1.54, 1.807) is 12.1 Å². The fourth-order valence-electron chi connectivity index (χ4n) is 1.61. The van der Waals surface area contributed by atoms with Crippen molar-refractivity contribution in [2.45, 2.75) is 0 Å². The van der Waals surface area contributed by atoms with Crippen LogP contribution < -0.4 is 0 Å². The van der Waals surface area contributed by atoms with E-state index in [1.165, 1.54) is 12.4 Å². The van der Waals surface area contributed by atoms with E-state index in [4.69, 9.17) is 0 Å². The summed E-state index contributed by atoms with van der Waals surface area (Å²) in [6.45, 7) is 0. The molecule has 5 nitrogen and oxygen atoms in total. The van der Waals surface area contributed by atoms with Crippen LogP contribution in [0.4, 0.5) is 0 Å². The van der Waals surface area contributed by atoms with Crippen molar-refractivity contribution in [1.82, 2.24) is 9.97 Å². The zero-order valence-corrected chi connectivity index (χ0v) is 7.43. The maximum Gasteiger partial charge on any atom is 0.365 e. The van der Waals surface area contributed by atoms with Crippen molar-refractivity contribution >= 4 is 22.7 Å². The van der Waals surface area contributed by atoms with E-state index >= 15 is 0 Å². The molecule has 0 atom stereocenters. The molecule has 5 heteroatoms. The van der Waals surface area contributed by atoms with Gasteiger partial charge in [0.15, 0.2) is 11.4 Å². The van der Waals surface area contributed by atoms with Gasteiger partial charge in [-0.15, -0.1) is 0 Å². The third kappa shape index (κ3) is 0.969. The molecule has 72 valence electrons. The van der Waals surface area contributed by atoms with Gasteiger partial charge in [0.2, 0.25) is 0 Å². The Balaban J connectivity index is 2.56. The first kappa shape index (κ1) is 8.05. The molecular weight excluding hydrogens is 196 g/mol. The van der Waals surface area contributed by atoms with Crippen molar-refractivity contribution in [2.24, 2.45) is 0 Å². The summed E-state index contributed by atoms with van der Waals surface area (Å²) in [7, 11) is 0. The van der Waals surface area contributed by atoms with Crippen molar-refractivity contribution < 1.29 is 14.3 Å². The highest BCUT2D eigenvalue weighted by Gasteiger charge is 2.29. The second-order valence-corrected chi connectivity index (χ2v) is 3.09. The first-order valence-corrected chi connectivity index (χ1v) is 4.27. The second-order valence-electron chi connectivity index (χ2n) is 3.09. The van der Waals surface area contributed by atoms with Crippen LogP contribution in [-0.2, 0) is 4.74 Å². The minimum absolute atomic E-state index is 0.148. The average molecular weight is 200 g/mol. The monoisotopic (exact) mass is 200 g/mol. The summed E-state index contributed by atoms with van der Waals surface area (Å²) in [5, 5.41) is 1.23. The van der Waals surface area contributed by atoms with E-state index in [0.29, 0.717) is 5.39 Å². The Morgan fingerprint density at radius 1 is 0.933 bits per heavy atom. The van der Waals surface area contributed by atoms with E-state index in [0.717, 1.165) is 5.39 Å². The summed E-state index contributed by atoms with van der Waals surface area (Å²) >= 11 is 0. The molecule has 0 saturated carbocycles. The lowest BCUT2D eigenvalue weighted by Gasteiger charge is -2.12. The molecule has 0 aromatic carbocycles. The minimum atomic E-state index is -0.717. The van der Waals surface area contributed by atoms with Crippen LogP contribution in [0, 0.1) is 0 Å². The molecule has 0 amide bonds. The molecule has 0 saturated heterocycles. The molecule has 0 unspecified atom stereocenters. The molecule has 3 heterocycles. The van der Waals surface area contributed by atoms with Gasteiger partial charge in [0, 0.05) is 17.8 Å². The lowest BCUT2D eigenvalue weighted by molar-refractivity contribution is 0.0382. The molecule has 1 aliphatic heterocycles. The van der Waals surface area contributed by atoms with Gasteiger partial charge in [-0.2, -0.15) is 0 Å². The van der Waals surface area contributed by atoms with Gasteiger partial charge in [-0.05, 0) is 17.5 Å². The summed E-state index contributed by atoms with van der Waals surface area (Å²) in [5.74, 6) is -1.43. The Hall–Kier alpha value is -2.30. The number of carbonyl (C=O) groups is 2. The molecule has 0 bridgehead atoms. The Bertz CT molecular complexity index is 558. The topological polar surface area (TPSA) is 69.2 Å². The molecule has 15 heavy (non-hydrogen) atoms. The van der Waals surface area contributed by atoms with Crippen molar-refractivity contribution in [3.63, 3.8) is 0 Å². The fraction of sp³-hybridized carbons (Fsp3) is 0. The molecule has 0 radical (unpaired) electrons. The number of hydrogen-bond donors (Lipinski definition) is 0. The third-order valence-corrected chi connectivity index (χ3v) is 2.25. The van der Waals surface area contributed by atoms with Crippen LogP contribution >= 0.6 is 0 Å². The molecule has 0 N–H and O–H groups in total. The molecule has 2 aromatic rings. The highest BCUT2D eigenvalue weighted by atomic mass is 16.6. The molecular formula is C10H4N2O3. The maximum atomic E-state index is 11.3. The quantitative estimate of drug-likeness (QED) is 0.467. The number of nitrogens with zero attached hydrogens (tertiary/aromatic N) is 2. The van der Waals surface area contributed by atoms with E-state index in [1.807, 2.05) is 0 Å². The average Bonchev–Trinajstić information content (AvgIpc) is 2.25. The van der Waals surface area contributed by atoms with Crippen LogP contribution in [0.15, 0.2) is 24.5 Å². The zero-order valence-electron chi connectivity index (χ0n) is 7.43. The third-order valence-electron chi connectivity index (χ3n) is 2.25. The normalized spacial score (nSPS) is 14.1. The molecule has 0 fully saturated rings. The first-order chi connectivity index (χ1) is 7.27. The van der Waals surface area contributed by atoms with Gasteiger partial charge < -0.3 is 4.74 Å². The van der Waals surface area contributed by atoms with E-state index < -0.39 is 11.9 Å². The van der Waals surface area contributed by atoms with Crippen LogP contribution in [0.25, 0.3) is 10.8 Å². The van der Waals surface area contributed by atoms with Crippen LogP contribution in [0.5, 0.6) is 0 Å². The van der Waals surface area contributed by atoms with Gasteiger partial charge in [0.05, 0.1) is 0 Å². The number of aromatic nitrogens is 2. The summed E-state index contributed by atoms with van der Waals surface area (Å²) < 4.78 is 4.50. The van der Waals surface area contributed by atoms with Crippen LogP contribution in [0.1, 0.15) is 21.0 Å². The molecule has 3 rings (SSSR count). The fourth-order valence-corrected chi connectivity index (χ4v) is 1.61. The summed E-state index contributed by atoms with van der Waals surface area (Å²) in [6.07, 6.45) is 3.00. The van der Waals surface area contributed by atoms with Crippen molar-refractivity contribution in [2.75, 3.05) is 0 Å². The lowest BCUT2D eigenvalue weighted by Crippen LogP contribution is -2.21. The Labute approximate surface area is 83.7 Å². The highest BCUT2D eigenvalue weighted by molar-refractivity contribution is 6.18. The molecule has 2 aromatic heterocycles. The lowest BCUT2D eigenvalue weighted by atomic mass is 10.1. The van der Waals surface area contributed by atoms with Gasteiger partial charge in [-0.3, -0.25) is 0 Å². The largest absolute Gasteiger partial charge is 0.383 e. The predicted molar refractivity (Wildman–Crippen MR) is 49.3 cm³/mol. The number of ether oxygens (including phenoxy) is 1. The smallest absolute Gasteiger partial charge is 0.365 e. The van der Waals surface area contributed by atoms with Crippen LogP contribution in [0.3, 0.4) is 0 Å². The number of hydrogen-bond acceptors (Lipinski definition) is 5. The number of pyridine rings is 2. The van der Waals surface area contributed by atoms with Crippen molar-refractivity contribution in [3.05, 3.63) is 35.9 Å². The van der Waals surface area contributed by atoms with Gasteiger partial charge in [0.1, 0.15) is 0 Å². The Morgan fingerprint density at radius 3 is 2.00 bits per heavy atom. The second kappa shape index (κ2) is 2.60. The van der Waals surface area contributed by atoms with Crippen molar-refractivity contribution in [1.29, 1.82) is 0 Å². The number of carbonyl (C=O) groups excluding carboxylic acids is 2. The van der Waals surface area contributed by atoms with Gasteiger partial charge in [0.25, 0.3) is 0 Å². The van der Waals surface area contributed by atoms with Crippen LogP contribution in [-0.4, -0.2) is 21.9 Å². The SMILES string of the molecule is O=C1OC(=O)c2nccc3ccnc1c23. The first-order valence-electron chi connectivity index (χ1n) is 4.27. The molecule has 0 aliphatic carbocycles. The maximum absolute atomic E-state index is 11.3. The number of cyclic esters (lactones) is 2. The Morgan fingerprint density at radius 2 is 1.47 bits per heavy atom. The van der Waals surface area contributed by atoms with Gasteiger partial charge in [-0.1, -0.05) is 0 Å². The Kier molecular flexibility index (Phi) is 1.39. The number of rotatable bonds is 0. The predicted octanol–water partition coefficient (Wildman–Crippen LogP) is 0.940. The zero-order chi connectivity index (χ0) is 10.4. The molecule has 1 aliphatic rings. The molecule has 0 spiro atoms. The standard InChI is InChI=1S/C10H4N2O3/c13-9-7-6-5(1-3-11-7)2-4-12-8(6)10(14)15-9/h1-4H. The van der Waals surface area contributed by atoms with Crippen LogP contribution in [0.2, 0.25) is 0 Å². The summed E-state index contributed by atoms with van der Waals surface area (Å²) in [4.78, 5) is 30.5.